The van der Waals surface area contributed by atoms with Gasteiger partial charge < -0.3 is 14.7 Å². The summed E-state index contributed by atoms with van der Waals surface area (Å²) in [4.78, 5) is 25.6. The third-order valence-corrected chi connectivity index (χ3v) is 4.47. The van der Waals surface area contributed by atoms with Crippen molar-refractivity contribution in [1.29, 1.82) is 0 Å². The van der Waals surface area contributed by atoms with Crippen LogP contribution in [0.3, 0.4) is 0 Å². The maximum atomic E-state index is 12.7. The zero-order chi connectivity index (χ0) is 17.8. The Morgan fingerprint density at radius 1 is 1.16 bits per heavy atom. The summed E-state index contributed by atoms with van der Waals surface area (Å²) in [6.07, 6.45) is 0.822. The number of aromatic carboxylic acids is 1. The van der Waals surface area contributed by atoms with Crippen molar-refractivity contribution < 1.29 is 19.4 Å². The van der Waals surface area contributed by atoms with Crippen LogP contribution in [0.25, 0.3) is 0 Å². The summed E-state index contributed by atoms with van der Waals surface area (Å²) in [6.45, 7) is 3.53. The topological polar surface area (TPSA) is 66.8 Å². The number of morpholine rings is 1. The second-order valence-electron chi connectivity index (χ2n) is 6.09. The van der Waals surface area contributed by atoms with Crippen molar-refractivity contribution in [3.63, 3.8) is 0 Å². The van der Waals surface area contributed by atoms with Crippen molar-refractivity contribution in [1.82, 2.24) is 4.90 Å². The first-order valence-electron chi connectivity index (χ1n) is 8.41. The fourth-order valence-corrected chi connectivity index (χ4v) is 2.97. The lowest BCUT2D eigenvalue weighted by molar-refractivity contribution is -0.0228. The average molecular weight is 339 g/mol. The smallest absolute Gasteiger partial charge is 0.335 e. The van der Waals surface area contributed by atoms with E-state index in [0.29, 0.717) is 25.3 Å². The zero-order valence-electron chi connectivity index (χ0n) is 14.1. The monoisotopic (exact) mass is 339 g/mol. The van der Waals surface area contributed by atoms with Crippen LogP contribution in [0.4, 0.5) is 0 Å². The average Bonchev–Trinajstić information content (AvgIpc) is 2.67. The number of carboxylic acid groups (broad SMARTS) is 1. The molecule has 1 atom stereocenters. The van der Waals surface area contributed by atoms with Crippen molar-refractivity contribution in [2.75, 3.05) is 19.7 Å². The van der Waals surface area contributed by atoms with Gasteiger partial charge in [0, 0.05) is 12.1 Å². The summed E-state index contributed by atoms with van der Waals surface area (Å²) in [5.74, 6) is -1.20. The number of rotatable bonds is 4. The molecule has 3 rings (SSSR count). The number of aryl methyl sites for hydroxylation is 1. The summed E-state index contributed by atoms with van der Waals surface area (Å²) in [5.41, 5.74) is 2.82. The van der Waals surface area contributed by atoms with Gasteiger partial charge >= 0.3 is 5.97 Å². The van der Waals surface area contributed by atoms with Gasteiger partial charge in [0.1, 0.15) is 6.10 Å². The number of hydrogen-bond acceptors (Lipinski definition) is 3. The van der Waals surface area contributed by atoms with Crippen molar-refractivity contribution in [2.24, 2.45) is 0 Å². The molecule has 0 bridgehead atoms. The van der Waals surface area contributed by atoms with E-state index in [0.717, 1.165) is 12.0 Å². The highest BCUT2D eigenvalue weighted by Crippen LogP contribution is 2.24. The Bertz CT molecular complexity index is 770. The number of ether oxygens (including phenoxy) is 1. The maximum Gasteiger partial charge on any atom is 0.335 e. The van der Waals surface area contributed by atoms with Crippen molar-refractivity contribution in [3.8, 4) is 0 Å². The predicted octanol–water partition coefficient (Wildman–Crippen LogP) is 3.16. The van der Waals surface area contributed by atoms with Gasteiger partial charge in [-0.15, -0.1) is 0 Å². The Labute approximate surface area is 146 Å². The van der Waals surface area contributed by atoms with Crippen LogP contribution in [-0.4, -0.2) is 41.6 Å². The van der Waals surface area contributed by atoms with Crippen LogP contribution in [0, 0.1) is 0 Å². The van der Waals surface area contributed by atoms with Crippen LogP contribution < -0.4 is 0 Å². The molecule has 5 heteroatoms. The lowest BCUT2D eigenvalue weighted by Crippen LogP contribution is -2.42. The van der Waals surface area contributed by atoms with Gasteiger partial charge in [-0.05, 0) is 35.7 Å². The number of carbonyl (C=O) groups is 2. The Hall–Kier alpha value is -2.66. The van der Waals surface area contributed by atoms with Gasteiger partial charge in [-0.3, -0.25) is 4.79 Å². The van der Waals surface area contributed by atoms with E-state index in [1.165, 1.54) is 17.7 Å². The van der Waals surface area contributed by atoms with Crippen LogP contribution in [0.15, 0.2) is 48.5 Å². The Balaban J connectivity index is 1.75. The summed E-state index contributed by atoms with van der Waals surface area (Å²) in [5, 5.41) is 9.09. The van der Waals surface area contributed by atoms with Gasteiger partial charge in [0.05, 0.1) is 18.7 Å². The van der Waals surface area contributed by atoms with Crippen LogP contribution in [-0.2, 0) is 11.2 Å². The van der Waals surface area contributed by atoms with Gasteiger partial charge in [0.2, 0.25) is 0 Å². The molecule has 2 aromatic carbocycles. The molecule has 0 aromatic heterocycles. The minimum Gasteiger partial charge on any atom is -0.478 e. The first-order chi connectivity index (χ1) is 12.1. The molecule has 1 aliphatic heterocycles. The molecular weight excluding hydrogens is 318 g/mol. The summed E-state index contributed by atoms with van der Waals surface area (Å²) in [7, 11) is 0. The third-order valence-electron chi connectivity index (χ3n) is 4.47. The molecule has 0 radical (unpaired) electrons. The quantitative estimate of drug-likeness (QED) is 0.929. The highest BCUT2D eigenvalue weighted by molar-refractivity contribution is 5.97. The van der Waals surface area contributed by atoms with Crippen LogP contribution >= 0.6 is 0 Å². The van der Waals surface area contributed by atoms with Gasteiger partial charge in [0.25, 0.3) is 5.91 Å². The van der Waals surface area contributed by atoms with Gasteiger partial charge in [0.15, 0.2) is 0 Å². The lowest BCUT2D eigenvalue weighted by Gasteiger charge is -2.33. The molecule has 130 valence electrons. The molecule has 2 aromatic rings. The van der Waals surface area contributed by atoms with Crippen LogP contribution in [0.2, 0.25) is 0 Å². The molecule has 1 N–H and O–H groups in total. The molecule has 1 heterocycles. The molecule has 0 spiro atoms. The van der Waals surface area contributed by atoms with E-state index < -0.39 is 5.97 Å². The Kier molecular flexibility index (Phi) is 5.14. The number of hydrogen-bond donors (Lipinski definition) is 1. The molecule has 1 amide bonds. The number of benzene rings is 2. The third kappa shape index (κ3) is 3.88. The van der Waals surface area contributed by atoms with E-state index in [1.54, 1.807) is 17.0 Å². The molecular formula is C20H21NO4. The minimum absolute atomic E-state index is 0.116. The highest BCUT2D eigenvalue weighted by atomic mass is 16.5. The summed E-state index contributed by atoms with van der Waals surface area (Å²) >= 11 is 0. The second-order valence-corrected chi connectivity index (χ2v) is 6.09. The second kappa shape index (κ2) is 7.49. The summed E-state index contributed by atoms with van der Waals surface area (Å²) in [6, 6.07) is 14.4. The maximum absolute atomic E-state index is 12.7. The largest absolute Gasteiger partial charge is 0.478 e. The molecule has 5 nitrogen and oxygen atoms in total. The number of nitrogens with zero attached hydrogens (tertiary/aromatic N) is 1. The summed E-state index contributed by atoms with van der Waals surface area (Å²) < 4.78 is 5.83. The predicted molar refractivity (Wildman–Crippen MR) is 93.8 cm³/mol. The molecule has 25 heavy (non-hydrogen) atoms. The standard InChI is InChI=1S/C20H21NO4/c1-2-14-6-8-15(9-7-14)18-13-21(10-11-25-18)19(22)16-4-3-5-17(12-16)20(23)24/h3-9,12,18H,2,10-11,13H2,1H3,(H,23,24). The fourth-order valence-electron chi connectivity index (χ4n) is 2.97. The lowest BCUT2D eigenvalue weighted by atomic mass is 10.0. The van der Waals surface area contributed by atoms with E-state index in [2.05, 4.69) is 19.1 Å². The van der Waals surface area contributed by atoms with E-state index >= 15 is 0 Å². The van der Waals surface area contributed by atoms with Crippen molar-refractivity contribution in [3.05, 3.63) is 70.8 Å². The minimum atomic E-state index is -1.04. The van der Waals surface area contributed by atoms with E-state index in [1.807, 2.05) is 12.1 Å². The normalized spacial score (nSPS) is 17.3. The first kappa shape index (κ1) is 17.2. The van der Waals surface area contributed by atoms with Gasteiger partial charge in [-0.1, -0.05) is 37.3 Å². The zero-order valence-corrected chi connectivity index (χ0v) is 14.1. The molecule has 1 unspecified atom stereocenters. The first-order valence-corrected chi connectivity index (χ1v) is 8.41. The van der Waals surface area contributed by atoms with Crippen LogP contribution in [0.1, 0.15) is 44.9 Å². The Morgan fingerprint density at radius 3 is 2.56 bits per heavy atom. The highest BCUT2D eigenvalue weighted by Gasteiger charge is 2.26. The fraction of sp³-hybridized carbons (Fsp3) is 0.300. The molecule has 0 saturated carbocycles. The SMILES string of the molecule is CCc1ccc(C2CN(C(=O)c3cccc(C(=O)O)c3)CCO2)cc1. The van der Waals surface area contributed by atoms with E-state index in [4.69, 9.17) is 9.84 Å². The molecule has 0 aliphatic carbocycles. The molecule has 1 aliphatic rings. The molecule has 1 saturated heterocycles. The van der Waals surface area contributed by atoms with Gasteiger partial charge in [-0.2, -0.15) is 0 Å². The van der Waals surface area contributed by atoms with E-state index in [-0.39, 0.29) is 17.6 Å². The van der Waals surface area contributed by atoms with Crippen molar-refractivity contribution in [2.45, 2.75) is 19.4 Å². The van der Waals surface area contributed by atoms with Gasteiger partial charge in [-0.25, -0.2) is 4.79 Å². The number of amides is 1. The number of carboxylic acids is 1. The molecule has 1 fully saturated rings. The number of carbonyl (C=O) groups excluding carboxylic acids is 1. The van der Waals surface area contributed by atoms with E-state index in [9.17, 15) is 9.59 Å². The Morgan fingerprint density at radius 2 is 1.88 bits per heavy atom. The van der Waals surface area contributed by atoms with Crippen LogP contribution in [0.5, 0.6) is 0 Å². The van der Waals surface area contributed by atoms with Crippen molar-refractivity contribution >= 4 is 11.9 Å².